The molecule has 0 aromatic rings. The van der Waals surface area contributed by atoms with Crippen molar-refractivity contribution in [2.45, 2.75) is 277 Å². The summed E-state index contributed by atoms with van der Waals surface area (Å²) in [4.78, 5) is 73.1. The molecule has 0 aromatic carbocycles. The molecule has 17 nitrogen and oxygen atoms in total. The number of hydrogen-bond donors (Lipinski definition) is 3. The molecular formula is C95H144O17P2. The topological polar surface area (TPSA) is 237 Å². The van der Waals surface area contributed by atoms with E-state index >= 15 is 0 Å². The van der Waals surface area contributed by atoms with Crippen LogP contribution < -0.4 is 0 Å². The zero-order valence-corrected chi connectivity index (χ0v) is 71.4. The molecule has 5 atom stereocenters. The zero-order chi connectivity index (χ0) is 83.1. The lowest BCUT2D eigenvalue weighted by Gasteiger charge is -2.21. The summed E-state index contributed by atoms with van der Waals surface area (Å²) in [5, 5.41) is 10.7. The Morgan fingerprint density at radius 3 is 0.719 bits per heavy atom. The summed E-state index contributed by atoms with van der Waals surface area (Å²) >= 11 is 0. The molecule has 0 amide bonds. The van der Waals surface area contributed by atoms with Gasteiger partial charge in [-0.2, -0.15) is 0 Å². The first-order valence-electron chi connectivity index (χ1n) is 41.9. The number of phosphoric ester groups is 2. The SMILES string of the molecule is CC/C=C\C/C=C\C/C=C\C/C=C\C/C=C\C/C=C\CCC(=O)OC[C@H](COP(=O)(O)OC[C@@H](O)COP(=O)(O)OC[C@@H](COC(=O)CC/C=C\C/C=C\C/C=C\C/C=C\C/C=C\CCCCC)OC(=O)CC/C=C\C/C=C\C/C=C\C/C=C\C/C=C\C/C=C\CC)OC(=O)CCC/C=C\C/C=C\C/C=C\C/C=C\CCCCC. The van der Waals surface area contributed by atoms with Crippen LogP contribution in [-0.2, 0) is 65.4 Å². The molecule has 0 aliphatic carbocycles. The molecule has 19 heteroatoms. The van der Waals surface area contributed by atoms with E-state index < -0.39 is 97.5 Å². The number of phosphoric acid groups is 2. The second kappa shape index (κ2) is 83.5. The lowest BCUT2D eigenvalue weighted by Crippen LogP contribution is -2.30. The van der Waals surface area contributed by atoms with Gasteiger partial charge in [0, 0.05) is 25.7 Å². The Morgan fingerprint density at radius 2 is 0.465 bits per heavy atom. The van der Waals surface area contributed by atoms with Crippen LogP contribution in [0.5, 0.6) is 0 Å². The maximum atomic E-state index is 13.1. The molecular weight excluding hydrogens is 1470 g/mol. The highest BCUT2D eigenvalue weighted by molar-refractivity contribution is 7.47. The van der Waals surface area contributed by atoms with E-state index in [2.05, 4.69) is 216 Å². The zero-order valence-electron chi connectivity index (χ0n) is 69.6. The number of aliphatic hydroxyl groups excluding tert-OH is 1. The molecule has 636 valence electrons. The molecule has 0 saturated carbocycles. The summed E-state index contributed by atoms with van der Waals surface area (Å²) in [6.45, 7) is 4.22. The van der Waals surface area contributed by atoms with Crippen molar-refractivity contribution in [1.29, 1.82) is 0 Å². The number of rotatable bonds is 75. The quantitative estimate of drug-likeness (QED) is 0.0169. The lowest BCUT2D eigenvalue weighted by atomic mass is 10.2. The summed E-state index contributed by atoms with van der Waals surface area (Å²) in [5.74, 6) is -2.57. The molecule has 0 saturated heterocycles. The van der Waals surface area contributed by atoms with Crippen molar-refractivity contribution in [3.05, 3.63) is 255 Å². The molecule has 0 rings (SSSR count). The Bertz CT molecular complexity index is 3170. The first-order chi connectivity index (χ1) is 55.7. The third-order valence-corrected chi connectivity index (χ3v) is 17.9. The van der Waals surface area contributed by atoms with Gasteiger partial charge in [0.1, 0.15) is 19.3 Å². The molecule has 0 heterocycles. The van der Waals surface area contributed by atoms with Crippen molar-refractivity contribution in [2.75, 3.05) is 39.6 Å². The Balaban J connectivity index is 5.67. The molecule has 3 N–H and O–H groups in total. The maximum absolute atomic E-state index is 13.1. The van der Waals surface area contributed by atoms with Crippen LogP contribution in [0.4, 0.5) is 0 Å². The van der Waals surface area contributed by atoms with E-state index in [9.17, 15) is 43.2 Å². The number of unbranched alkanes of at least 4 members (excludes halogenated alkanes) is 7. The fraction of sp³-hybridized carbons (Fsp3) is 0.516. The minimum absolute atomic E-state index is 0.00721. The summed E-state index contributed by atoms with van der Waals surface area (Å²) in [7, 11) is -10.1. The summed E-state index contributed by atoms with van der Waals surface area (Å²) in [6, 6.07) is 0. The van der Waals surface area contributed by atoms with Gasteiger partial charge in [-0.05, 0) is 180 Å². The van der Waals surface area contributed by atoms with E-state index in [0.29, 0.717) is 51.4 Å². The lowest BCUT2D eigenvalue weighted by molar-refractivity contribution is -0.161. The van der Waals surface area contributed by atoms with Crippen molar-refractivity contribution in [3.8, 4) is 0 Å². The Morgan fingerprint density at radius 1 is 0.254 bits per heavy atom. The number of allylic oxidation sites excluding steroid dienone is 42. The van der Waals surface area contributed by atoms with Gasteiger partial charge in [0.25, 0.3) is 0 Å². The van der Waals surface area contributed by atoms with Crippen molar-refractivity contribution in [1.82, 2.24) is 0 Å². The van der Waals surface area contributed by atoms with Crippen molar-refractivity contribution in [2.24, 2.45) is 0 Å². The Labute approximate surface area is 688 Å². The van der Waals surface area contributed by atoms with E-state index in [0.717, 1.165) is 116 Å². The van der Waals surface area contributed by atoms with Crippen molar-refractivity contribution < 1.29 is 80.2 Å². The minimum Gasteiger partial charge on any atom is -0.462 e. The molecule has 0 aliphatic heterocycles. The minimum atomic E-state index is -5.04. The molecule has 0 bridgehead atoms. The summed E-state index contributed by atoms with van der Waals surface area (Å²) < 4.78 is 68.4. The molecule has 0 aliphatic rings. The van der Waals surface area contributed by atoms with Crippen LogP contribution in [0.25, 0.3) is 0 Å². The van der Waals surface area contributed by atoms with Crippen LogP contribution in [0.2, 0.25) is 0 Å². The summed E-state index contributed by atoms with van der Waals surface area (Å²) in [6.07, 6.45) is 112. The van der Waals surface area contributed by atoms with Gasteiger partial charge in [-0.1, -0.05) is 309 Å². The summed E-state index contributed by atoms with van der Waals surface area (Å²) in [5.41, 5.74) is 0. The first-order valence-corrected chi connectivity index (χ1v) is 44.9. The van der Waals surface area contributed by atoms with E-state index in [1.54, 1.807) is 0 Å². The molecule has 0 fully saturated rings. The van der Waals surface area contributed by atoms with Crippen LogP contribution in [-0.4, -0.2) is 96.7 Å². The molecule has 0 spiro atoms. The van der Waals surface area contributed by atoms with Gasteiger partial charge in [0.15, 0.2) is 12.2 Å². The predicted octanol–water partition coefficient (Wildman–Crippen LogP) is 25.3. The maximum Gasteiger partial charge on any atom is 0.472 e. The van der Waals surface area contributed by atoms with Gasteiger partial charge in [0.05, 0.1) is 26.4 Å². The van der Waals surface area contributed by atoms with Crippen LogP contribution in [0.3, 0.4) is 0 Å². The predicted molar refractivity (Wildman–Crippen MR) is 472 cm³/mol. The molecule has 2 unspecified atom stereocenters. The highest BCUT2D eigenvalue weighted by Crippen LogP contribution is 2.45. The van der Waals surface area contributed by atoms with E-state index in [4.69, 9.17) is 37.0 Å². The number of ether oxygens (including phenoxy) is 4. The van der Waals surface area contributed by atoms with E-state index in [-0.39, 0.29) is 25.7 Å². The van der Waals surface area contributed by atoms with Gasteiger partial charge in [-0.25, -0.2) is 9.13 Å². The molecule has 0 aromatic heterocycles. The largest absolute Gasteiger partial charge is 0.472 e. The third-order valence-electron chi connectivity index (χ3n) is 16.0. The molecule has 114 heavy (non-hydrogen) atoms. The van der Waals surface area contributed by atoms with Gasteiger partial charge >= 0.3 is 39.5 Å². The average Bonchev–Trinajstić information content (AvgIpc) is 0.899. The number of hydrogen-bond acceptors (Lipinski definition) is 15. The van der Waals surface area contributed by atoms with Crippen LogP contribution in [0.1, 0.15) is 259 Å². The van der Waals surface area contributed by atoms with E-state index in [1.165, 1.54) is 38.5 Å². The van der Waals surface area contributed by atoms with Crippen LogP contribution in [0.15, 0.2) is 255 Å². The van der Waals surface area contributed by atoms with E-state index in [1.807, 2.05) is 66.8 Å². The number of esters is 4. The average molecular weight is 1620 g/mol. The van der Waals surface area contributed by atoms with Crippen molar-refractivity contribution >= 4 is 39.5 Å². The fourth-order valence-corrected chi connectivity index (χ4v) is 11.3. The number of aliphatic hydroxyl groups is 1. The third kappa shape index (κ3) is 82.6. The normalized spacial score (nSPS) is 15.0. The monoisotopic (exact) mass is 1620 g/mol. The van der Waals surface area contributed by atoms with Gasteiger partial charge in [0.2, 0.25) is 0 Å². The fourth-order valence-electron chi connectivity index (χ4n) is 9.72. The second-order valence-corrected chi connectivity index (χ2v) is 29.5. The number of carbonyl (C=O) groups is 4. The standard InChI is InChI=1S/C95H144O17P2/c1-5-9-13-17-21-25-29-33-37-41-44-48-51-55-59-63-67-71-75-79-92(97)105-85-90(111-94(99)81-77-73-69-65-61-57-53-47-40-36-32-28-24-20-16-12-8-4)87-109-113(101,102)107-83-89(96)84-108-114(103,104)110-88-91(112-95(100)82-78-74-70-66-62-58-54-50-46-43-39-35-31-27-23-19-15-11-7-3)86-106-93(98)80-76-72-68-64-60-56-52-49-45-42-38-34-30-26-22-18-14-10-6-2/h9,11,13,15,21-28,33-40,44-46,48-50,53,55-60,62,65,67-72,74,89-91,96H,5-8,10,12,14,16-20,29-32,41-43,47,51-52,54,61,63-64,66,73,75-88H2,1-4H3,(H,101,102)(H,103,104)/b13-9-,15-11-,25-21-,26-22-,27-23-,28-24-,37-33-,38-34-,39-35-,40-36-,48-44-,49-45-,50-46-,57-53-,59-55-,60-56-,62-58-,69-65-,71-67-,72-68-,74-70-/t89-,90-,91-/m1/s1. The smallest absolute Gasteiger partial charge is 0.462 e. The van der Waals surface area contributed by atoms with Gasteiger partial charge < -0.3 is 33.8 Å². The van der Waals surface area contributed by atoms with Crippen LogP contribution >= 0.6 is 15.6 Å². The highest BCUT2D eigenvalue weighted by atomic mass is 31.2. The number of carbonyl (C=O) groups excluding carboxylic acids is 4. The second-order valence-electron chi connectivity index (χ2n) is 26.6. The highest BCUT2D eigenvalue weighted by Gasteiger charge is 2.30. The molecule has 0 radical (unpaired) electrons. The Kier molecular flexibility index (Phi) is 78.1. The van der Waals surface area contributed by atoms with Crippen molar-refractivity contribution in [3.63, 3.8) is 0 Å². The Hall–Kier alpha value is -7.40. The first kappa shape index (κ1) is 107. The van der Waals surface area contributed by atoms with Crippen LogP contribution in [0, 0.1) is 0 Å². The van der Waals surface area contributed by atoms with Gasteiger partial charge in [-0.3, -0.25) is 37.3 Å². The van der Waals surface area contributed by atoms with Gasteiger partial charge in [-0.15, -0.1) is 0 Å².